The van der Waals surface area contributed by atoms with Crippen molar-refractivity contribution >= 4 is 35.3 Å². The number of carbonyl (C=O) groups is 1. The SMILES string of the molecule is C=CC(=O)Nc1cc(N)nc(Sc2c(OC)nc(N3CCN(CCOCCOC)CC3)nc2OC)n1. The molecule has 2 aromatic rings. The molecule has 3 heterocycles. The highest BCUT2D eigenvalue weighted by Crippen LogP contribution is 2.40. The largest absolute Gasteiger partial charge is 0.480 e. The quantitative estimate of drug-likeness (QED) is 0.219. The molecule has 3 rings (SSSR count). The highest BCUT2D eigenvalue weighted by Gasteiger charge is 2.24. The summed E-state index contributed by atoms with van der Waals surface area (Å²) < 4.78 is 21.7. The maximum absolute atomic E-state index is 11.6. The van der Waals surface area contributed by atoms with E-state index in [1.165, 1.54) is 20.3 Å². The van der Waals surface area contributed by atoms with Crippen molar-refractivity contribution in [1.29, 1.82) is 0 Å². The van der Waals surface area contributed by atoms with Crippen molar-refractivity contribution in [2.45, 2.75) is 10.1 Å². The predicted octanol–water partition coefficient (Wildman–Crippen LogP) is 0.927. The lowest BCUT2D eigenvalue weighted by Gasteiger charge is -2.34. The number of methoxy groups -OCH3 is 3. The maximum atomic E-state index is 11.6. The van der Waals surface area contributed by atoms with Crippen molar-refractivity contribution in [2.75, 3.05) is 89.8 Å². The molecular formula is C22H32N8O5S. The Morgan fingerprint density at radius 2 is 1.78 bits per heavy atom. The number of nitrogens with one attached hydrogen (secondary N) is 1. The average molecular weight is 521 g/mol. The fourth-order valence-electron chi connectivity index (χ4n) is 3.34. The molecule has 36 heavy (non-hydrogen) atoms. The molecule has 1 fully saturated rings. The van der Waals surface area contributed by atoms with Crippen LogP contribution in [0.2, 0.25) is 0 Å². The fourth-order valence-corrected chi connectivity index (χ4v) is 4.25. The molecule has 0 unspecified atom stereocenters. The number of aromatic nitrogens is 4. The molecule has 1 amide bonds. The second kappa shape index (κ2) is 13.8. The van der Waals surface area contributed by atoms with E-state index in [2.05, 4.69) is 41.6 Å². The van der Waals surface area contributed by atoms with Crippen molar-refractivity contribution in [2.24, 2.45) is 0 Å². The number of hydrogen-bond acceptors (Lipinski definition) is 13. The summed E-state index contributed by atoms with van der Waals surface area (Å²) in [4.78, 5) is 34.3. The molecule has 1 aliphatic heterocycles. The molecular weight excluding hydrogens is 488 g/mol. The van der Waals surface area contributed by atoms with E-state index in [-0.39, 0.29) is 16.8 Å². The number of carbonyl (C=O) groups excluding carboxylic acids is 1. The van der Waals surface area contributed by atoms with Gasteiger partial charge in [-0.25, -0.2) is 9.97 Å². The lowest BCUT2D eigenvalue weighted by molar-refractivity contribution is -0.111. The Balaban J connectivity index is 1.71. The van der Waals surface area contributed by atoms with Crippen LogP contribution in [-0.2, 0) is 14.3 Å². The number of ether oxygens (including phenoxy) is 4. The molecule has 196 valence electrons. The summed E-state index contributed by atoms with van der Waals surface area (Å²) in [6.07, 6.45) is 1.14. The fraction of sp³-hybridized carbons (Fsp3) is 0.500. The number of nitrogens with zero attached hydrogens (tertiary/aromatic N) is 6. The zero-order chi connectivity index (χ0) is 25.9. The van der Waals surface area contributed by atoms with Crippen molar-refractivity contribution in [1.82, 2.24) is 24.8 Å². The summed E-state index contributed by atoms with van der Waals surface area (Å²) in [6.45, 7) is 9.36. The Kier molecular flexibility index (Phi) is 10.5. The molecule has 0 saturated carbocycles. The van der Waals surface area contributed by atoms with Gasteiger partial charge in [0, 0.05) is 45.9 Å². The Labute approximate surface area is 214 Å². The highest BCUT2D eigenvalue weighted by molar-refractivity contribution is 7.99. The van der Waals surface area contributed by atoms with Gasteiger partial charge in [-0.2, -0.15) is 9.97 Å². The Hall–Kier alpha value is -3.20. The first-order chi connectivity index (χ1) is 17.5. The lowest BCUT2D eigenvalue weighted by Crippen LogP contribution is -2.48. The van der Waals surface area contributed by atoms with Gasteiger partial charge in [-0.15, -0.1) is 0 Å². The van der Waals surface area contributed by atoms with Crippen LogP contribution in [0.1, 0.15) is 0 Å². The molecule has 2 aromatic heterocycles. The second-order valence-corrected chi connectivity index (χ2v) is 8.54. The molecule has 0 spiro atoms. The summed E-state index contributed by atoms with van der Waals surface area (Å²) in [6, 6.07) is 1.45. The third-order valence-electron chi connectivity index (χ3n) is 5.17. The van der Waals surface area contributed by atoms with Gasteiger partial charge in [0.1, 0.15) is 16.5 Å². The minimum Gasteiger partial charge on any atom is -0.480 e. The normalized spacial score (nSPS) is 13.9. The minimum absolute atomic E-state index is 0.185. The number of nitrogens with two attached hydrogens (primary N) is 1. The molecule has 3 N–H and O–H groups in total. The summed E-state index contributed by atoms with van der Waals surface area (Å²) in [7, 11) is 4.70. The van der Waals surface area contributed by atoms with E-state index in [9.17, 15) is 4.79 Å². The third-order valence-corrected chi connectivity index (χ3v) is 6.09. The maximum Gasteiger partial charge on any atom is 0.248 e. The Morgan fingerprint density at radius 1 is 1.08 bits per heavy atom. The Morgan fingerprint density at radius 3 is 2.39 bits per heavy atom. The van der Waals surface area contributed by atoms with Gasteiger partial charge in [-0.3, -0.25) is 9.69 Å². The van der Waals surface area contributed by atoms with Crippen LogP contribution in [0.5, 0.6) is 11.8 Å². The van der Waals surface area contributed by atoms with Crippen LogP contribution in [0.25, 0.3) is 0 Å². The van der Waals surface area contributed by atoms with Gasteiger partial charge >= 0.3 is 0 Å². The van der Waals surface area contributed by atoms with Crippen LogP contribution in [0.3, 0.4) is 0 Å². The molecule has 14 heteroatoms. The third kappa shape index (κ3) is 7.65. The van der Waals surface area contributed by atoms with Gasteiger partial charge in [0.15, 0.2) is 5.16 Å². The molecule has 0 radical (unpaired) electrons. The highest BCUT2D eigenvalue weighted by atomic mass is 32.2. The van der Waals surface area contributed by atoms with Crippen LogP contribution < -0.4 is 25.4 Å². The Bertz CT molecular complexity index is 1010. The van der Waals surface area contributed by atoms with E-state index < -0.39 is 5.91 Å². The molecule has 13 nitrogen and oxygen atoms in total. The van der Waals surface area contributed by atoms with Crippen LogP contribution in [-0.4, -0.2) is 105 Å². The van der Waals surface area contributed by atoms with E-state index in [1.54, 1.807) is 7.11 Å². The van der Waals surface area contributed by atoms with Crippen molar-refractivity contribution in [3.8, 4) is 11.8 Å². The number of nitrogen functional groups attached to an aromatic ring is 1. The van der Waals surface area contributed by atoms with Crippen LogP contribution in [0.15, 0.2) is 28.8 Å². The van der Waals surface area contributed by atoms with Crippen molar-refractivity contribution in [3.63, 3.8) is 0 Å². The first kappa shape index (κ1) is 27.4. The van der Waals surface area contributed by atoms with Crippen molar-refractivity contribution < 1.29 is 23.7 Å². The molecule has 1 aliphatic rings. The minimum atomic E-state index is -0.411. The topological polar surface area (TPSA) is 150 Å². The first-order valence-electron chi connectivity index (χ1n) is 11.3. The van der Waals surface area contributed by atoms with Crippen LogP contribution >= 0.6 is 11.8 Å². The summed E-state index contributed by atoms with van der Waals surface area (Å²) >= 11 is 1.12. The number of anilines is 3. The van der Waals surface area contributed by atoms with Crippen LogP contribution in [0.4, 0.5) is 17.6 Å². The average Bonchev–Trinajstić information content (AvgIpc) is 2.88. The summed E-state index contributed by atoms with van der Waals surface area (Å²) in [5.41, 5.74) is 5.90. The number of rotatable bonds is 13. The molecule has 0 aromatic carbocycles. The van der Waals surface area contributed by atoms with Crippen molar-refractivity contribution in [3.05, 3.63) is 18.7 Å². The summed E-state index contributed by atoms with van der Waals surface area (Å²) in [5.74, 6) is 1.16. The number of piperazine rings is 1. The monoisotopic (exact) mass is 520 g/mol. The molecule has 1 saturated heterocycles. The van der Waals surface area contributed by atoms with E-state index in [1.807, 2.05) is 0 Å². The molecule has 0 atom stereocenters. The van der Waals surface area contributed by atoms with Gasteiger partial charge < -0.3 is 34.9 Å². The zero-order valence-electron chi connectivity index (χ0n) is 20.7. The van der Waals surface area contributed by atoms with E-state index in [0.29, 0.717) is 42.4 Å². The smallest absolute Gasteiger partial charge is 0.248 e. The number of amides is 1. The standard InChI is InChI=1S/C22H32N8O5S/c1-5-17(31)25-16-14-15(23)24-22(26-16)36-18-19(33-3)27-21(28-20(18)34-4)30-8-6-29(7-9-30)10-11-35-13-12-32-2/h5,14H,1,6-13H2,2-4H3,(H3,23,24,25,26,31). The van der Waals surface area contributed by atoms with Gasteiger partial charge in [0.2, 0.25) is 23.6 Å². The lowest BCUT2D eigenvalue weighted by atomic mass is 10.3. The summed E-state index contributed by atoms with van der Waals surface area (Å²) in [5, 5.41) is 2.84. The van der Waals surface area contributed by atoms with E-state index in [4.69, 9.17) is 24.7 Å². The van der Waals surface area contributed by atoms with Gasteiger partial charge in [-0.1, -0.05) is 6.58 Å². The van der Waals surface area contributed by atoms with E-state index in [0.717, 1.165) is 50.6 Å². The first-order valence-corrected chi connectivity index (χ1v) is 12.1. The van der Waals surface area contributed by atoms with Crippen LogP contribution in [0, 0.1) is 0 Å². The second-order valence-electron chi connectivity index (χ2n) is 7.56. The van der Waals surface area contributed by atoms with E-state index >= 15 is 0 Å². The zero-order valence-corrected chi connectivity index (χ0v) is 21.5. The van der Waals surface area contributed by atoms with Gasteiger partial charge in [0.25, 0.3) is 0 Å². The van der Waals surface area contributed by atoms with Gasteiger partial charge in [0.05, 0.1) is 34.0 Å². The number of hydrogen-bond donors (Lipinski definition) is 2. The molecule has 0 aliphatic carbocycles. The van der Waals surface area contributed by atoms with Gasteiger partial charge in [-0.05, 0) is 17.8 Å². The molecule has 0 bridgehead atoms. The predicted molar refractivity (Wildman–Crippen MR) is 136 cm³/mol.